The number of amides is 1. The summed E-state index contributed by atoms with van der Waals surface area (Å²) in [6, 6.07) is 4.39. The van der Waals surface area contributed by atoms with Crippen molar-refractivity contribution >= 4 is 38.4 Å². The van der Waals surface area contributed by atoms with Gasteiger partial charge in [0, 0.05) is 10.0 Å². The van der Waals surface area contributed by atoms with Crippen LogP contribution in [0.5, 0.6) is 0 Å². The normalized spacial score (nSPS) is 10.1. The molecule has 0 heterocycles. The van der Waals surface area contributed by atoms with E-state index in [4.69, 9.17) is 5.73 Å². The summed E-state index contributed by atoms with van der Waals surface area (Å²) in [6.07, 6.45) is 0. The maximum Gasteiger partial charge on any atom is 0.248 e. The van der Waals surface area contributed by atoms with Gasteiger partial charge in [-0.2, -0.15) is 0 Å². The number of hydrogen-bond acceptors (Lipinski definition) is 3. The van der Waals surface area contributed by atoms with Crippen LogP contribution in [0, 0.1) is 0 Å². The monoisotopic (exact) mass is 278 g/mol. The van der Waals surface area contributed by atoms with E-state index in [0.717, 1.165) is 0 Å². The maximum atomic E-state index is 10.8. The van der Waals surface area contributed by atoms with Crippen LogP contribution in [-0.4, -0.2) is 14.3 Å². The van der Waals surface area contributed by atoms with Crippen LogP contribution in [0.1, 0.15) is 10.4 Å². The van der Waals surface area contributed by atoms with E-state index in [1.807, 2.05) is 0 Å². The number of nitrogens with two attached hydrogens (primary N) is 1. The largest absolute Gasteiger partial charge is 0.366 e. The second kappa shape index (κ2) is 4.43. The molecule has 0 radical (unpaired) electrons. The van der Waals surface area contributed by atoms with Gasteiger partial charge in [-0.1, -0.05) is 15.9 Å². The lowest BCUT2D eigenvalue weighted by atomic mass is 10.2. The van der Waals surface area contributed by atoms with Gasteiger partial charge in [0.05, 0.1) is 5.69 Å². The van der Waals surface area contributed by atoms with Gasteiger partial charge in [0.15, 0.2) is 0 Å². The lowest BCUT2D eigenvalue weighted by Crippen LogP contribution is -2.11. The van der Waals surface area contributed by atoms with E-state index in [2.05, 4.69) is 20.7 Å². The average Bonchev–Trinajstić information content (AvgIpc) is 2.01. The minimum atomic E-state index is -2.74. The number of carbonyl (C=O) groups is 1. The first-order valence-corrected chi connectivity index (χ1v) is 5.47. The maximum absolute atomic E-state index is 10.8. The molecule has 5 nitrogen and oxygen atoms in total. The molecule has 0 atom stereocenters. The van der Waals surface area contributed by atoms with Crippen molar-refractivity contribution in [3.05, 3.63) is 28.2 Å². The van der Waals surface area contributed by atoms with Gasteiger partial charge in [-0.05, 0) is 18.2 Å². The molecule has 0 aromatic heterocycles. The average molecular weight is 279 g/mol. The number of benzene rings is 1. The van der Waals surface area contributed by atoms with Crippen molar-refractivity contribution in [3.8, 4) is 0 Å². The van der Waals surface area contributed by atoms with Gasteiger partial charge in [-0.25, -0.2) is 8.42 Å². The minimum Gasteiger partial charge on any atom is -0.366 e. The first-order valence-electron chi connectivity index (χ1n) is 3.50. The lowest BCUT2D eigenvalue weighted by Gasteiger charge is -2.02. The highest BCUT2D eigenvalue weighted by Crippen LogP contribution is 2.19. The van der Waals surface area contributed by atoms with Crippen LogP contribution < -0.4 is 10.5 Å². The van der Waals surface area contributed by atoms with Crippen molar-refractivity contribution in [2.45, 2.75) is 0 Å². The first-order chi connectivity index (χ1) is 6.49. The molecule has 0 aliphatic carbocycles. The van der Waals surface area contributed by atoms with E-state index < -0.39 is 16.8 Å². The molecule has 0 spiro atoms. The van der Waals surface area contributed by atoms with Crippen LogP contribution in [0.4, 0.5) is 5.69 Å². The Morgan fingerprint density at radius 2 is 2.00 bits per heavy atom. The second-order valence-corrected chi connectivity index (χ2v) is 4.12. The minimum absolute atomic E-state index is 0.235. The third-order valence-corrected chi connectivity index (χ3v) is 2.30. The molecule has 3 N–H and O–H groups in total. The van der Waals surface area contributed by atoms with Crippen LogP contribution in [0.15, 0.2) is 22.7 Å². The summed E-state index contributed by atoms with van der Waals surface area (Å²) in [6.45, 7) is 0. The van der Waals surface area contributed by atoms with Crippen LogP contribution in [0.3, 0.4) is 0 Å². The van der Waals surface area contributed by atoms with Gasteiger partial charge in [0.1, 0.15) is 0 Å². The molecule has 0 saturated heterocycles. The molecule has 76 valence electrons. The molecule has 0 unspecified atom stereocenters. The Morgan fingerprint density at radius 3 is 2.50 bits per heavy atom. The summed E-state index contributed by atoms with van der Waals surface area (Å²) in [5.74, 6) is -0.615. The fourth-order valence-corrected chi connectivity index (χ4v) is 1.74. The SMILES string of the molecule is NC(=O)c1cc(Br)cc(N[SH](=O)=O)c1. The fraction of sp³-hybridized carbons (Fsp3) is 0. The smallest absolute Gasteiger partial charge is 0.248 e. The second-order valence-electron chi connectivity index (χ2n) is 2.46. The Hall–Kier alpha value is -1.08. The zero-order chi connectivity index (χ0) is 10.7. The van der Waals surface area contributed by atoms with Gasteiger partial charge in [-0.3, -0.25) is 9.52 Å². The Balaban J connectivity index is 3.13. The van der Waals surface area contributed by atoms with Crippen LogP contribution in [0.25, 0.3) is 0 Å². The van der Waals surface area contributed by atoms with E-state index in [0.29, 0.717) is 10.2 Å². The molecule has 7 heteroatoms. The molecule has 0 aliphatic rings. The highest BCUT2D eigenvalue weighted by atomic mass is 79.9. The first kappa shape index (κ1) is 11.0. The van der Waals surface area contributed by atoms with Gasteiger partial charge in [-0.15, -0.1) is 0 Å². The Kier molecular flexibility index (Phi) is 3.48. The Morgan fingerprint density at radius 1 is 1.36 bits per heavy atom. The highest BCUT2D eigenvalue weighted by molar-refractivity contribution is 9.10. The Bertz CT molecular complexity index is 437. The number of anilines is 1. The molecule has 0 fully saturated rings. The van der Waals surface area contributed by atoms with E-state index in [-0.39, 0.29) is 5.56 Å². The molecule has 1 amide bonds. The van der Waals surface area contributed by atoms with Gasteiger partial charge in [0.2, 0.25) is 16.8 Å². The van der Waals surface area contributed by atoms with E-state index in [1.165, 1.54) is 18.2 Å². The molecule has 1 aromatic rings. The zero-order valence-corrected chi connectivity index (χ0v) is 9.34. The number of thiol groups is 1. The standard InChI is InChI=1S/C7H7BrN2O3S/c8-5-1-4(7(9)11)2-6(3-5)10-14(12)13/h1-3,14H,(H2,9,11)(H,10,12,13). The number of rotatable bonds is 3. The molecule has 0 saturated carbocycles. The number of hydrogen-bond donors (Lipinski definition) is 3. The summed E-state index contributed by atoms with van der Waals surface area (Å²) < 4.78 is 23.4. The third-order valence-electron chi connectivity index (χ3n) is 1.40. The Labute approximate surface area is 90.5 Å². The number of primary amides is 1. The van der Waals surface area contributed by atoms with Crippen molar-refractivity contribution in [3.63, 3.8) is 0 Å². The van der Waals surface area contributed by atoms with Gasteiger partial charge >= 0.3 is 0 Å². The van der Waals surface area contributed by atoms with Crippen molar-refractivity contribution in [2.75, 3.05) is 4.72 Å². The summed E-state index contributed by atoms with van der Waals surface area (Å²) in [7, 11) is -2.74. The predicted octanol–water partition coefficient (Wildman–Crippen LogP) is 0.486. The molecular formula is C7H7BrN2O3S. The molecule has 14 heavy (non-hydrogen) atoms. The summed E-state index contributed by atoms with van der Waals surface area (Å²) >= 11 is 3.13. The topological polar surface area (TPSA) is 89.3 Å². The molecular weight excluding hydrogens is 272 g/mol. The van der Waals surface area contributed by atoms with E-state index in [9.17, 15) is 13.2 Å². The number of nitrogens with one attached hydrogen (secondary N) is 1. The van der Waals surface area contributed by atoms with Crippen molar-refractivity contribution in [1.29, 1.82) is 0 Å². The van der Waals surface area contributed by atoms with E-state index in [1.54, 1.807) is 0 Å². The number of halogens is 1. The van der Waals surface area contributed by atoms with Gasteiger partial charge < -0.3 is 5.73 Å². The van der Waals surface area contributed by atoms with Crippen molar-refractivity contribution < 1.29 is 13.2 Å². The van der Waals surface area contributed by atoms with Crippen molar-refractivity contribution in [2.24, 2.45) is 5.73 Å². The molecule has 0 aliphatic heterocycles. The summed E-state index contributed by atoms with van der Waals surface area (Å²) in [5, 5.41) is 0. The summed E-state index contributed by atoms with van der Waals surface area (Å²) in [4.78, 5) is 10.8. The third kappa shape index (κ3) is 3.00. The van der Waals surface area contributed by atoms with Crippen LogP contribution >= 0.6 is 15.9 Å². The summed E-state index contributed by atoms with van der Waals surface area (Å²) in [5.41, 5.74) is 5.57. The van der Waals surface area contributed by atoms with Crippen LogP contribution in [0.2, 0.25) is 0 Å². The predicted molar refractivity (Wildman–Crippen MR) is 56.6 cm³/mol. The van der Waals surface area contributed by atoms with Gasteiger partial charge in [0.25, 0.3) is 0 Å². The highest BCUT2D eigenvalue weighted by Gasteiger charge is 2.04. The lowest BCUT2D eigenvalue weighted by molar-refractivity contribution is 0.100. The molecule has 1 aromatic carbocycles. The van der Waals surface area contributed by atoms with Crippen LogP contribution in [-0.2, 0) is 10.9 Å². The number of carbonyl (C=O) groups excluding carboxylic acids is 1. The molecule has 0 bridgehead atoms. The molecule has 1 rings (SSSR count). The quantitative estimate of drug-likeness (QED) is 0.703. The zero-order valence-electron chi connectivity index (χ0n) is 6.86. The van der Waals surface area contributed by atoms with Crippen molar-refractivity contribution in [1.82, 2.24) is 0 Å². The fourth-order valence-electron chi connectivity index (χ4n) is 0.902. The van der Waals surface area contributed by atoms with E-state index >= 15 is 0 Å².